The van der Waals surface area contributed by atoms with Crippen molar-refractivity contribution in [3.63, 3.8) is 0 Å². The summed E-state index contributed by atoms with van der Waals surface area (Å²) in [5.41, 5.74) is 10.3. The van der Waals surface area contributed by atoms with Gasteiger partial charge in [-0.3, -0.25) is 0 Å². The molecule has 0 bridgehead atoms. The van der Waals surface area contributed by atoms with E-state index in [1.54, 1.807) is 0 Å². The van der Waals surface area contributed by atoms with Crippen LogP contribution in [0.15, 0.2) is 24.5 Å². The smallest absolute Gasteiger partial charge is 0.393 e. The van der Waals surface area contributed by atoms with Crippen molar-refractivity contribution >= 4 is 34.6 Å². The number of hydrogen-bond donors (Lipinski definition) is 3. The van der Waals surface area contributed by atoms with Crippen molar-refractivity contribution in [3.8, 4) is 0 Å². The van der Waals surface area contributed by atoms with Gasteiger partial charge in [-0.1, -0.05) is 11.6 Å². The predicted molar refractivity (Wildman–Crippen MR) is 70.6 cm³/mol. The Balaban J connectivity index is 2.38. The van der Waals surface area contributed by atoms with E-state index in [9.17, 15) is 13.2 Å². The van der Waals surface area contributed by atoms with Gasteiger partial charge in [0.05, 0.1) is 10.6 Å². The molecule has 9 heteroatoms. The summed E-state index contributed by atoms with van der Waals surface area (Å²) in [5, 5.41) is 2.25. The van der Waals surface area contributed by atoms with Crippen LogP contribution in [0.5, 0.6) is 0 Å². The average Bonchev–Trinajstić information content (AvgIpc) is 2.36. The molecule has 0 aliphatic rings. The van der Waals surface area contributed by atoms with Crippen molar-refractivity contribution < 1.29 is 13.2 Å². The standard InChI is InChI=1S/C11H9ClF3N5/c12-7-2-1-5(3-6(7)11(13,14)15)20-10-8(16)9(17)18-4-19-10/h1-4H,16H2,(H3,17,18,19,20). The lowest BCUT2D eigenvalue weighted by molar-refractivity contribution is -0.137. The number of rotatable bonds is 2. The molecular weight excluding hydrogens is 295 g/mol. The summed E-state index contributed by atoms with van der Waals surface area (Å²) in [4.78, 5) is 7.46. The molecule has 0 unspecified atom stereocenters. The molecule has 0 amide bonds. The lowest BCUT2D eigenvalue weighted by Crippen LogP contribution is -2.08. The Morgan fingerprint density at radius 2 is 1.85 bits per heavy atom. The Morgan fingerprint density at radius 3 is 2.50 bits per heavy atom. The Bertz CT molecular complexity index is 644. The van der Waals surface area contributed by atoms with Crippen LogP contribution >= 0.6 is 11.6 Å². The van der Waals surface area contributed by atoms with Crippen molar-refractivity contribution in [1.82, 2.24) is 9.97 Å². The number of anilines is 4. The fourth-order valence-electron chi connectivity index (χ4n) is 1.47. The third-order valence-corrected chi connectivity index (χ3v) is 2.78. The molecule has 0 aliphatic carbocycles. The molecular formula is C11H9ClF3N5. The lowest BCUT2D eigenvalue weighted by atomic mass is 10.2. The Labute approximate surface area is 116 Å². The topological polar surface area (TPSA) is 89.8 Å². The fraction of sp³-hybridized carbons (Fsp3) is 0.0909. The number of nitrogen functional groups attached to an aromatic ring is 2. The van der Waals surface area contributed by atoms with E-state index < -0.39 is 16.8 Å². The molecule has 106 valence electrons. The highest BCUT2D eigenvalue weighted by molar-refractivity contribution is 6.31. The molecule has 5 nitrogen and oxygen atoms in total. The van der Waals surface area contributed by atoms with Gasteiger partial charge in [0.1, 0.15) is 12.0 Å². The fourth-order valence-corrected chi connectivity index (χ4v) is 1.69. The van der Waals surface area contributed by atoms with E-state index in [2.05, 4.69) is 15.3 Å². The minimum absolute atomic E-state index is 0.0347. The Hall–Kier alpha value is -2.22. The molecule has 2 rings (SSSR count). The van der Waals surface area contributed by atoms with Gasteiger partial charge in [0, 0.05) is 5.69 Å². The minimum Gasteiger partial charge on any atom is -0.393 e. The van der Waals surface area contributed by atoms with Gasteiger partial charge in [0.15, 0.2) is 11.6 Å². The first-order chi connectivity index (χ1) is 9.29. The molecule has 0 atom stereocenters. The second-order valence-corrected chi connectivity index (χ2v) is 4.25. The van der Waals surface area contributed by atoms with Crippen LogP contribution in [0, 0.1) is 0 Å². The second-order valence-electron chi connectivity index (χ2n) is 3.84. The molecule has 0 saturated heterocycles. The monoisotopic (exact) mass is 303 g/mol. The first-order valence-corrected chi connectivity index (χ1v) is 5.66. The van der Waals surface area contributed by atoms with E-state index in [4.69, 9.17) is 23.1 Å². The Kier molecular flexibility index (Phi) is 3.58. The molecule has 5 N–H and O–H groups in total. The van der Waals surface area contributed by atoms with Gasteiger partial charge >= 0.3 is 6.18 Å². The molecule has 0 radical (unpaired) electrons. The molecule has 0 saturated carbocycles. The summed E-state index contributed by atoms with van der Waals surface area (Å²) in [7, 11) is 0. The first kappa shape index (κ1) is 14.2. The van der Waals surface area contributed by atoms with Crippen LogP contribution in [0.1, 0.15) is 5.56 Å². The van der Waals surface area contributed by atoms with Crippen LogP contribution in [0.25, 0.3) is 0 Å². The number of halogens is 4. The molecule has 0 aliphatic heterocycles. The number of hydrogen-bond acceptors (Lipinski definition) is 5. The summed E-state index contributed by atoms with van der Waals surface area (Å²) >= 11 is 5.52. The third-order valence-electron chi connectivity index (χ3n) is 2.45. The summed E-state index contributed by atoms with van der Waals surface area (Å²) in [6.45, 7) is 0. The molecule has 1 aromatic carbocycles. The number of benzene rings is 1. The van der Waals surface area contributed by atoms with Crippen LogP contribution in [0.2, 0.25) is 5.02 Å². The number of nitrogens with zero attached hydrogens (tertiary/aromatic N) is 2. The number of nitrogens with one attached hydrogen (secondary N) is 1. The predicted octanol–water partition coefficient (Wildman–Crippen LogP) is 3.06. The molecule has 1 aromatic heterocycles. The molecule has 2 aromatic rings. The van der Waals surface area contributed by atoms with E-state index in [-0.39, 0.29) is 23.0 Å². The van der Waals surface area contributed by atoms with E-state index in [0.717, 1.165) is 18.5 Å². The third kappa shape index (κ3) is 2.85. The van der Waals surface area contributed by atoms with Crippen molar-refractivity contribution in [2.24, 2.45) is 0 Å². The average molecular weight is 304 g/mol. The summed E-state index contributed by atoms with van der Waals surface area (Å²) in [5.74, 6) is 0.153. The van der Waals surface area contributed by atoms with Gasteiger partial charge in [-0.15, -0.1) is 0 Å². The quantitative estimate of drug-likeness (QED) is 0.793. The van der Waals surface area contributed by atoms with Crippen molar-refractivity contribution in [3.05, 3.63) is 35.1 Å². The van der Waals surface area contributed by atoms with Crippen LogP contribution in [0.4, 0.5) is 36.2 Å². The summed E-state index contributed by atoms with van der Waals surface area (Å²) in [6.07, 6.45) is -3.40. The highest BCUT2D eigenvalue weighted by Gasteiger charge is 2.33. The molecule has 0 spiro atoms. The van der Waals surface area contributed by atoms with Crippen LogP contribution in [-0.4, -0.2) is 9.97 Å². The number of alkyl halides is 3. The van der Waals surface area contributed by atoms with E-state index in [1.807, 2.05) is 0 Å². The maximum atomic E-state index is 12.7. The molecule has 20 heavy (non-hydrogen) atoms. The lowest BCUT2D eigenvalue weighted by Gasteiger charge is -2.13. The zero-order valence-corrected chi connectivity index (χ0v) is 10.6. The van der Waals surface area contributed by atoms with E-state index in [1.165, 1.54) is 6.07 Å². The highest BCUT2D eigenvalue weighted by Crippen LogP contribution is 2.37. The van der Waals surface area contributed by atoms with Gasteiger partial charge in [-0.2, -0.15) is 13.2 Å². The van der Waals surface area contributed by atoms with Gasteiger partial charge in [-0.05, 0) is 18.2 Å². The first-order valence-electron chi connectivity index (χ1n) is 5.28. The zero-order valence-electron chi connectivity index (χ0n) is 9.87. The SMILES string of the molecule is Nc1ncnc(Nc2ccc(Cl)c(C(F)(F)F)c2)c1N. The maximum absolute atomic E-state index is 12.7. The molecule has 1 heterocycles. The van der Waals surface area contributed by atoms with Gasteiger partial charge in [0.25, 0.3) is 0 Å². The van der Waals surface area contributed by atoms with E-state index >= 15 is 0 Å². The van der Waals surface area contributed by atoms with Crippen molar-refractivity contribution in [1.29, 1.82) is 0 Å². The Morgan fingerprint density at radius 1 is 1.15 bits per heavy atom. The number of nitrogens with two attached hydrogens (primary N) is 2. The summed E-state index contributed by atoms with van der Waals surface area (Å²) in [6, 6.07) is 3.36. The van der Waals surface area contributed by atoms with Gasteiger partial charge < -0.3 is 16.8 Å². The van der Waals surface area contributed by atoms with Crippen LogP contribution in [-0.2, 0) is 6.18 Å². The second kappa shape index (κ2) is 5.04. The van der Waals surface area contributed by atoms with Gasteiger partial charge in [-0.25, -0.2) is 9.97 Å². The number of aromatic nitrogens is 2. The van der Waals surface area contributed by atoms with Gasteiger partial charge in [0.2, 0.25) is 0 Å². The zero-order chi connectivity index (χ0) is 14.9. The highest BCUT2D eigenvalue weighted by atomic mass is 35.5. The van der Waals surface area contributed by atoms with E-state index in [0.29, 0.717) is 0 Å². The van der Waals surface area contributed by atoms with Crippen LogP contribution < -0.4 is 16.8 Å². The largest absolute Gasteiger partial charge is 0.417 e. The minimum atomic E-state index is -4.55. The molecule has 0 fully saturated rings. The van der Waals surface area contributed by atoms with Crippen molar-refractivity contribution in [2.45, 2.75) is 6.18 Å². The normalized spacial score (nSPS) is 11.4. The van der Waals surface area contributed by atoms with Crippen molar-refractivity contribution in [2.75, 3.05) is 16.8 Å². The summed E-state index contributed by atoms with van der Waals surface area (Å²) < 4.78 is 38.2. The maximum Gasteiger partial charge on any atom is 0.417 e. The van der Waals surface area contributed by atoms with Crippen LogP contribution in [0.3, 0.4) is 0 Å².